The van der Waals surface area contributed by atoms with E-state index in [1.165, 1.54) is 0 Å². The number of fused-ring (bicyclic) bond motifs is 1. The molecule has 0 saturated heterocycles. The van der Waals surface area contributed by atoms with Crippen molar-refractivity contribution in [3.8, 4) is 28.3 Å². The zero-order chi connectivity index (χ0) is 25.4. The lowest BCUT2D eigenvalue weighted by atomic mass is 10.0. The molecule has 7 heteroatoms. The Morgan fingerprint density at radius 3 is 2.38 bits per heavy atom. The molecular formula is C30H22N6O. The zero-order valence-corrected chi connectivity index (χ0v) is 20.3. The van der Waals surface area contributed by atoms with Crippen LogP contribution in [0.25, 0.3) is 33.3 Å². The summed E-state index contributed by atoms with van der Waals surface area (Å²) in [4.78, 5) is 14.0. The molecule has 0 spiro atoms. The minimum absolute atomic E-state index is 0.188. The molecule has 6 rings (SSSR count). The van der Waals surface area contributed by atoms with Crippen LogP contribution in [0.15, 0.2) is 96.0 Å². The fraction of sp³-hybridized carbons (Fsp3) is 0.100. The number of hydrogen-bond donors (Lipinski definition) is 0. The number of rotatable bonds is 5. The number of aromatic nitrogens is 5. The van der Waals surface area contributed by atoms with Crippen molar-refractivity contribution >= 4 is 11.0 Å². The molecule has 5 aromatic heterocycles. The largest absolute Gasteiger partial charge is 0.361 e. The number of benzene rings is 1. The van der Waals surface area contributed by atoms with Crippen LogP contribution in [0, 0.1) is 25.2 Å². The van der Waals surface area contributed by atoms with Gasteiger partial charge in [0.15, 0.2) is 0 Å². The Morgan fingerprint density at radius 2 is 1.70 bits per heavy atom. The van der Waals surface area contributed by atoms with Crippen molar-refractivity contribution < 1.29 is 4.52 Å². The van der Waals surface area contributed by atoms with E-state index in [9.17, 15) is 5.26 Å². The van der Waals surface area contributed by atoms with E-state index in [0.717, 1.165) is 56.0 Å². The molecule has 0 aliphatic carbocycles. The Morgan fingerprint density at radius 1 is 0.892 bits per heavy atom. The van der Waals surface area contributed by atoms with Crippen molar-refractivity contribution in [1.29, 1.82) is 5.26 Å². The van der Waals surface area contributed by atoms with E-state index in [1.807, 2.05) is 68.7 Å². The summed E-state index contributed by atoms with van der Waals surface area (Å²) >= 11 is 0. The third-order valence-corrected chi connectivity index (χ3v) is 6.54. The van der Waals surface area contributed by atoms with Crippen LogP contribution in [0.4, 0.5) is 0 Å². The predicted octanol–water partition coefficient (Wildman–Crippen LogP) is 6.27. The van der Waals surface area contributed by atoms with Crippen LogP contribution < -0.4 is 0 Å². The first kappa shape index (κ1) is 22.4. The van der Waals surface area contributed by atoms with Crippen LogP contribution in [-0.2, 0) is 0 Å². The maximum absolute atomic E-state index is 9.22. The highest BCUT2D eigenvalue weighted by Crippen LogP contribution is 2.38. The highest BCUT2D eigenvalue weighted by atomic mass is 16.5. The summed E-state index contributed by atoms with van der Waals surface area (Å²) < 4.78 is 7.66. The van der Waals surface area contributed by atoms with Gasteiger partial charge < -0.3 is 9.09 Å². The van der Waals surface area contributed by atoms with E-state index in [2.05, 4.69) is 45.2 Å². The van der Waals surface area contributed by atoms with Crippen LogP contribution in [0.5, 0.6) is 0 Å². The van der Waals surface area contributed by atoms with Crippen LogP contribution in [0.3, 0.4) is 0 Å². The molecule has 0 bridgehead atoms. The Kier molecular flexibility index (Phi) is 5.55. The number of nitrogens with zero attached hydrogens (tertiary/aromatic N) is 6. The van der Waals surface area contributed by atoms with E-state index in [-0.39, 0.29) is 6.04 Å². The van der Waals surface area contributed by atoms with Gasteiger partial charge in [0, 0.05) is 47.0 Å². The third kappa shape index (κ3) is 3.95. The van der Waals surface area contributed by atoms with Gasteiger partial charge in [-0.15, -0.1) is 0 Å². The lowest BCUT2D eigenvalue weighted by Gasteiger charge is -2.20. The summed E-state index contributed by atoms with van der Waals surface area (Å²) in [5, 5.41) is 13.4. The average Bonchev–Trinajstić information content (AvgIpc) is 3.49. The summed E-state index contributed by atoms with van der Waals surface area (Å²) in [5.41, 5.74) is 8.66. The fourth-order valence-electron chi connectivity index (χ4n) is 4.85. The number of pyridine rings is 3. The minimum atomic E-state index is -0.188. The summed E-state index contributed by atoms with van der Waals surface area (Å²) in [6.45, 7) is 3.84. The second-order valence-corrected chi connectivity index (χ2v) is 8.85. The summed E-state index contributed by atoms with van der Waals surface area (Å²) in [5.74, 6) is 0.748. The molecule has 0 aliphatic heterocycles. The molecule has 0 fully saturated rings. The van der Waals surface area contributed by atoms with Gasteiger partial charge in [0.2, 0.25) is 0 Å². The van der Waals surface area contributed by atoms with E-state index in [1.54, 1.807) is 12.3 Å². The van der Waals surface area contributed by atoms with Crippen molar-refractivity contribution in [3.63, 3.8) is 0 Å². The Bertz CT molecular complexity index is 1690. The normalized spacial score (nSPS) is 11.9. The third-order valence-electron chi connectivity index (χ3n) is 6.54. The smallest absolute Gasteiger partial charge is 0.141 e. The van der Waals surface area contributed by atoms with E-state index in [0.29, 0.717) is 5.69 Å². The van der Waals surface area contributed by atoms with Gasteiger partial charge in [-0.3, -0.25) is 9.97 Å². The Hall–Kier alpha value is -5.09. The van der Waals surface area contributed by atoms with Gasteiger partial charge in [-0.1, -0.05) is 41.6 Å². The first-order valence-corrected chi connectivity index (χ1v) is 11.9. The topological polar surface area (TPSA) is 93.4 Å². The first-order valence-electron chi connectivity index (χ1n) is 11.9. The average molecular weight is 483 g/mol. The van der Waals surface area contributed by atoms with Gasteiger partial charge in [-0.05, 0) is 49.7 Å². The highest BCUT2D eigenvalue weighted by molar-refractivity contribution is 5.95. The van der Waals surface area contributed by atoms with Gasteiger partial charge in [0.25, 0.3) is 0 Å². The maximum Gasteiger partial charge on any atom is 0.141 e. The first-order chi connectivity index (χ1) is 18.1. The summed E-state index contributed by atoms with van der Waals surface area (Å²) in [6, 6.07) is 23.9. The monoisotopic (exact) mass is 482 g/mol. The van der Waals surface area contributed by atoms with Crippen molar-refractivity contribution in [2.75, 3.05) is 0 Å². The minimum Gasteiger partial charge on any atom is -0.361 e. The molecule has 7 nitrogen and oxygen atoms in total. The molecular weight excluding hydrogens is 460 g/mol. The molecule has 0 amide bonds. The second-order valence-electron chi connectivity index (χ2n) is 8.85. The molecule has 0 radical (unpaired) electrons. The lowest BCUT2D eigenvalue weighted by molar-refractivity contribution is 0.393. The highest BCUT2D eigenvalue weighted by Gasteiger charge is 2.24. The predicted molar refractivity (Wildman–Crippen MR) is 141 cm³/mol. The molecule has 0 N–H and O–H groups in total. The molecule has 1 atom stereocenters. The van der Waals surface area contributed by atoms with Crippen LogP contribution in [0.2, 0.25) is 0 Å². The second kappa shape index (κ2) is 9.17. The molecule has 6 aromatic rings. The van der Waals surface area contributed by atoms with Crippen molar-refractivity contribution in [2.45, 2.75) is 19.9 Å². The molecule has 178 valence electrons. The number of aryl methyl sites for hydroxylation is 2. The van der Waals surface area contributed by atoms with Gasteiger partial charge >= 0.3 is 0 Å². The number of nitriles is 1. The van der Waals surface area contributed by atoms with E-state index < -0.39 is 0 Å². The standard InChI is InChI=1S/C30H22N6O/c1-19-28(20(2)37-35-19)23-14-27-29(34-17-23)25(22-11-12-24(15-31)33-16-22)18-36(27)30(21-8-4-3-5-9-21)26-10-6-7-13-32-26/h3-14,16-18,30H,1-2H3/t30-/m0/s1. The lowest BCUT2D eigenvalue weighted by Crippen LogP contribution is -2.13. The quantitative estimate of drug-likeness (QED) is 0.287. The Labute approximate surface area is 213 Å². The van der Waals surface area contributed by atoms with Gasteiger partial charge in [0.1, 0.15) is 23.6 Å². The van der Waals surface area contributed by atoms with Crippen LogP contribution >= 0.6 is 0 Å². The molecule has 1 aromatic carbocycles. The van der Waals surface area contributed by atoms with E-state index in [4.69, 9.17) is 14.5 Å². The summed E-state index contributed by atoms with van der Waals surface area (Å²) in [7, 11) is 0. The van der Waals surface area contributed by atoms with Crippen molar-refractivity contribution in [3.05, 3.63) is 120 Å². The van der Waals surface area contributed by atoms with Gasteiger partial charge in [-0.2, -0.15) is 5.26 Å². The van der Waals surface area contributed by atoms with Crippen LogP contribution in [0.1, 0.15) is 34.4 Å². The SMILES string of the molecule is Cc1noc(C)c1-c1cnc2c(-c3ccc(C#N)nc3)cn([C@@H](c3ccccc3)c3ccccn3)c2c1. The van der Waals surface area contributed by atoms with Crippen LogP contribution in [-0.4, -0.2) is 24.7 Å². The van der Waals surface area contributed by atoms with Crippen molar-refractivity contribution in [2.24, 2.45) is 0 Å². The molecule has 5 heterocycles. The zero-order valence-electron chi connectivity index (χ0n) is 20.3. The summed E-state index contributed by atoms with van der Waals surface area (Å²) in [6.07, 6.45) is 7.50. The van der Waals surface area contributed by atoms with Gasteiger partial charge in [0.05, 0.1) is 22.4 Å². The fourth-order valence-corrected chi connectivity index (χ4v) is 4.85. The van der Waals surface area contributed by atoms with Gasteiger partial charge in [-0.25, -0.2) is 4.98 Å². The Balaban J connectivity index is 1.65. The molecule has 0 unspecified atom stereocenters. The molecule has 37 heavy (non-hydrogen) atoms. The maximum atomic E-state index is 9.22. The number of hydrogen-bond acceptors (Lipinski definition) is 6. The van der Waals surface area contributed by atoms with Crippen molar-refractivity contribution in [1.82, 2.24) is 24.7 Å². The van der Waals surface area contributed by atoms with E-state index >= 15 is 0 Å². The molecule has 0 aliphatic rings. The molecule has 0 saturated carbocycles.